The number of carbonyl (C=O) groups is 1. The molecule has 0 aliphatic heterocycles. The van der Waals surface area contributed by atoms with Crippen molar-refractivity contribution in [2.75, 3.05) is 25.0 Å². The number of nitrogens with zero attached hydrogens (tertiary/aromatic N) is 2. The Morgan fingerprint density at radius 1 is 1.50 bits per heavy atom. The predicted octanol–water partition coefficient (Wildman–Crippen LogP) is 2.88. The number of pyridine rings is 1. The zero-order valence-electron chi connectivity index (χ0n) is 10.7. The van der Waals surface area contributed by atoms with Crippen LogP contribution in [0.2, 0.25) is 0 Å². The Kier molecular flexibility index (Phi) is 5.85. The molecule has 1 heterocycles. The summed E-state index contributed by atoms with van der Waals surface area (Å²) in [7, 11) is 0. The summed E-state index contributed by atoms with van der Waals surface area (Å²) in [6, 6.07) is 3.59. The van der Waals surface area contributed by atoms with Gasteiger partial charge in [-0.2, -0.15) is 0 Å². The number of carbonyl (C=O) groups excluding carboxylic acids is 1. The maximum Gasteiger partial charge on any atom is 0.272 e. The summed E-state index contributed by atoms with van der Waals surface area (Å²) >= 11 is 3.28. The standard InChI is InChI=1S/C13H18BrN3O/c1-4-17(5-2)13(18)12-8-11(6-7-15-12)16-9-10(3)14/h6-8H,3-5,9H2,1-2H3,(H,15,16). The molecule has 98 valence electrons. The largest absolute Gasteiger partial charge is 0.380 e. The van der Waals surface area contributed by atoms with Crippen LogP contribution in [0.1, 0.15) is 24.3 Å². The number of nitrogens with one attached hydrogen (secondary N) is 1. The van der Waals surface area contributed by atoms with Gasteiger partial charge in [-0.05, 0) is 26.0 Å². The Bertz CT molecular complexity index is 430. The van der Waals surface area contributed by atoms with Crippen LogP contribution in [0.15, 0.2) is 29.4 Å². The molecule has 5 heteroatoms. The Labute approximate surface area is 116 Å². The lowest BCUT2D eigenvalue weighted by Gasteiger charge is -2.18. The van der Waals surface area contributed by atoms with E-state index in [4.69, 9.17) is 0 Å². The van der Waals surface area contributed by atoms with Crippen LogP contribution in [-0.2, 0) is 0 Å². The monoisotopic (exact) mass is 311 g/mol. The van der Waals surface area contributed by atoms with Gasteiger partial charge in [0.25, 0.3) is 5.91 Å². The van der Waals surface area contributed by atoms with Gasteiger partial charge in [0.2, 0.25) is 0 Å². The lowest BCUT2D eigenvalue weighted by molar-refractivity contribution is 0.0767. The molecule has 1 amide bonds. The first-order valence-corrected chi connectivity index (χ1v) is 6.70. The Morgan fingerprint density at radius 3 is 2.72 bits per heavy atom. The van der Waals surface area contributed by atoms with E-state index < -0.39 is 0 Å². The summed E-state index contributed by atoms with van der Waals surface area (Å²) in [5, 5.41) is 3.16. The number of aromatic nitrogens is 1. The minimum Gasteiger partial charge on any atom is -0.380 e. The molecule has 0 bridgehead atoms. The zero-order chi connectivity index (χ0) is 13.5. The van der Waals surface area contributed by atoms with Crippen LogP contribution in [-0.4, -0.2) is 35.4 Å². The second-order valence-corrected chi connectivity index (χ2v) is 4.90. The molecule has 1 aromatic heterocycles. The lowest BCUT2D eigenvalue weighted by Crippen LogP contribution is -2.31. The van der Waals surface area contributed by atoms with Gasteiger partial charge in [0.1, 0.15) is 5.69 Å². The zero-order valence-corrected chi connectivity index (χ0v) is 12.3. The third-order valence-corrected chi connectivity index (χ3v) is 2.79. The van der Waals surface area contributed by atoms with Gasteiger partial charge in [-0.25, -0.2) is 0 Å². The summed E-state index contributed by atoms with van der Waals surface area (Å²) in [4.78, 5) is 18.0. The second kappa shape index (κ2) is 7.16. The van der Waals surface area contributed by atoms with E-state index in [1.807, 2.05) is 19.9 Å². The number of rotatable bonds is 6. The molecule has 0 aliphatic rings. The topological polar surface area (TPSA) is 45.2 Å². The van der Waals surface area contributed by atoms with E-state index in [1.165, 1.54) is 0 Å². The summed E-state index contributed by atoms with van der Waals surface area (Å²) < 4.78 is 0.857. The summed E-state index contributed by atoms with van der Waals surface area (Å²) in [5.41, 5.74) is 1.32. The van der Waals surface area contributed by atoms with Crippen molar-refractivity contribution in [3.05, 3.63) is 35.1 Å². The first-order valence-electron chi connectivity index (χ1n) is 5.91. The minimum absolute atomic E-state index is 0.0404. The molecule has 0 aliphatic carbocycles. The van der Waals surface area contributed by atoms with Gasteiger partial charge in [0.05, 0.1) is 0 Å². The van der Waals surface area contributed by atoms with Crippen molar-refractivity contribution < 1.29 is 4.79 Å². The predicted molar refractivity (Wildman–Crippen MR) is 78.0 cm³/mol. The molecule has 0 radical (unpaired) electrons. The molecule has 0 unspecified atom stereocenters. The highest BCUT2D eigenvalue weighted by molar-refractivity contribution is 9.11. The van der Waals surface area contributed by atoms with E-state index in [-0.39, 0.29) is 5.91 Å². The molecule has 1 aromatic rings. The van der Waals surface area contributed by atoms with Crippen molar-refractivity contribution in [3.63, 3.8) is 0 Å². The van der Waals surface area contributed by atoms with Crippen LogP contribution in [0.3, 0.4) is 0 Å². The molecule has 0 atom stereocenters. The first-order chi connectivity index (χ1) is 8.58. The van der Waals surface area contributed by atoms with Crippen molar-refractivity contribution >= 4 is 27.5 Å². The fraction of sp³-hybridized carbons (Fsp3) is 0.385. The van der Waals surface area contributed by atoms with Gasteiger partial charge in [-0.3, -0.25) is 9.78 Å². The number of amides is 1. The van der Waals surface area contributed by atoms with Gasteiger partial charge in [0.15, 0.2) is 0 Å². The van der Waals surface area contributed by atoms with Crippen molar-refractivity contribution in [2.45, 2.75) is 13.8 Å². The van der Waals surface area contributed by atoms with E-state index >= 15 is 0 Å². The average Bonchev–Trinajstić information content (AvgIpc) is 2.38. The molecule has 4 nitrogen and oxygen atoms in total. The van der Waals surface area contributed by atoms with Gasteiger partial charge in [-0.1, -0.05) is 22.5 Å². The molecule has 1 rings (SSSR count). The molecule has 0 spiro atoms. The quantitative estimate of drug-likeness (QED) is 0.878. The minimum atomic E-state index is -0.0404. The Balaban J connectivity index is 2.81. The fourth-order valence-corrected chi connectivity index (χ4v) is 1.67. The first kappa shape index (κ1) is 14.7. The molecule has 0 aromatic carbocycles. The summed E-state index contributed by atoms with van der Waals surface area (Å²) in [6.07, 6.45) is 1.63. The Hall–Kier alpha value is -1.36. The van der Waals surface area contributed by atoms with E-state index in [2.05, 4.69) is 32.8 Å². The fourth-order valence-electron chi connectivity index (χ4n) is 1.53. The van der Waals surface area contributed by atoms with Crippen molar-refractivity contribution in [1.29, 1.82) is 0 Å². The SMILES string of the molecule is C=C(Br)CNc1ccnc(C(=O)N(CC)CC)c1. The summed E-state index contributed by atoms with van der Waals surface area (Å²) in [6.45, 7) is 9.65. The third-order valence-electron chi connectivity index (χ3n) is 2.51. The van der Waals surface area contributed by atoms with Gasteiger partial charge >= 0.3 is 0 Å². The van der Waals surface area contributed by atoms with Gasteiger partial charge < -0.3 is 10.2 Å². The highest BCUT2D eigenvalue weighted by Crippen LogP contribution is 2.11. The van der Waals surface area contributed by atoms with E-state index in [0.29, 0.717) is 25.3 Å². The van der Waals surface area contributed by atoms with E-state index in [9.17, 15) is 4.79 Å². The van der Waals surface area contributed by atoms with Gasteiger partial charge in [-0.15, -0.1) is 0 Å². The van der Waals surface area contributed by atoms with Crippen LogP contribution in [0.4, 0.5) is 5.69 Å². The molecular formula is C13H18BrN3O. The number of halogens is 1. The van der Waals surface area contributed by atoms with Crippen LogP contribution in [0.25, 0.3) is 0 Å². The lowest BCUT2D eigenvalue weighted by atomic mass is 10.2. The molecular weight excluding hydrogens is 294 g/mol. The van der Waals surface area contributed by atoms with E-state index in [0.717, 1.165) is 10.2 Å². The smallest absolute Gasteiger partial charge is 0.272 e. The maximum absolute atomic E-state index is 12.1. The number of hydrogen-bond acceptors (Lipinski definition) is 3. The molecule has 1 N–H and O–H groups in total. The van der Waals surface area contributed by atoms with Crippen molar-refractivity contribution in [1.82, 2.24) is 9.88 Å². The van der Waals surface area contributed by atoms with Crippen LogP contribution < -0.4 is 5.32 Å². The highest BCUT2D eigenvalue weighted by Gasteiger charge is 2.13. The molecule has 18 heavy (non-hydrogen) atoms. The van der Waals surface area contributed by atoms with Gasteiger partial charge in [0, 0.05) is 36.0 Å². The average molecular weight is 312 g/mol. The molecule has 0 fully saturated rings. The molecule has 0 saturated carbocycles. The van der Waals surface area contributed by atoms with Crippen molar-refractivity contribution in [3.8, 4) is 0 Å². The molecule has 0 saturated heterocycles. The highest BCUT2D eigenvalue weighted by atomic mass is 79.9. The second-order valence-electron chi connectivity index (χ2n) is 3.78. The number of hydrogen-bond donors (Lipinski definition) is 1. The van der Waals surface area contributed by atoms with Crippen LogP contribution in [0.5, 0.6) is 0 Å². The Morgan fingerprint density at radius 2 is 2.17 bits per heavy atom. The van der Waals surface area contributed by atoms with Crippen LogP contribution >= 0.6 is 15.9 Å². The van der Waals surface area contributed by atoms with Crippen molar-refractivity contribution in [2.24, 2.45) is 0 Å². The van der Waals surface area contributed by atoms with E-state index in [1.54, 1.807) is 17.2 Å². The normalized spacial score (nSPS) is 9.94. The third kappa shape index (κ3) is 4.14. The maximum atomic E-state index is 12.1. The summed E-state index contributed by atoms with van der Waals surface area (Å²) in [5.74, 6) is -0.0404. The number of anilines is 1. The van der Waals surface area contributed by atoms with Crippen LogP contribution in [0, 0.1) is 0 Å².